The molecular weight excluding hydrogens is 429 g/mol. The Bertz CT molecular complexity index is 448. The molecule has 25 heavy (non-hydrogen) atoms. The predicted molar refractivity (Wildman–Crippen MR) is 113 cm³/mol. The summed E-state index contributed by atoms with van der Waals surface area (Å²) in [6, 6.07) is 0. The first-order valence-corrected chi connectivity index (χ1v) is 9.78. The molecule has 3 aliphatic rings. The van der Waals surface area contributed by atoms with Crippen LogP contribution >= 0.6 is 24.0 Å². The van der Waals surface area contributed by atoms with Crippen molar-refractivity contribution in [3.8, 4) is 0 Å². The number of nitrogens with one attached hydrogen (secondary N) is 1. The molecule has 3 unspecified atom stereocenters. The van der Waals surface area contributed by atoms with Crippen LogP contribution < -0.4 is 5.32 Å². The smallest absolute Gasteiger partial charge is 0.193 e. The fraction of sp³-hybridized carbons (Fsp3) is 0.947. The van der Waals surface area contributed by atoms with Gasteiger partial charge in [-0.3, -0.25) is 4.99 Å². The van der Waals surface area contributed by atoms with Crippen LogP contribution in [0.5, 0.6) is 0 Å². The zero-order valence-electron chi connectivity index (χ0n) is 15.9. The Morgan fingerprint density at radius 1 is 1.24 bits per heavy atom. The molecule has 0 aromatic heterocycles. The topological polar surface area (TPSA) is 57.1 Å². The maximum absolute atomic E-state index is 10.4. The van der Waals surface area contributed by atoms with Gasteiger partial charge in [0.15, 0.2) is 5.96 Å². The van der Waals surface area contributed by atoms with Crippen molar-refractivity contribution in [2.45, 2.75) is 64.4 Å². The lowest BCUT2D eigenvalue weighted by Gasteiger charge is -2.46. The molecule has 2 aliphatic heterocycles. The molecule has 3 fully saturated rings. The van der Waals surface area contributed by atoms with Gasteiger partial charge < -0.3 is 20.1 Å². The monoisotopic (exact) mass is 465 g/mol. The third kappa shape index (κ3) is 5.01. The average Bonchev–Trinajstić information content (AvgIpc) is 2.59. The molecule has 2 saturated heterocycles. The van der Waals surface area contributed by atoms with Gasteiger partial charge in [0.05, 0.1) is 12.7 Å². The number of aliphatic hydroxyl groups excluding tert-OH is 1. The SMILES string of the molecule is CN=C(NCC1(C)CCCCC1O)N1CCCC2(CCCOC2)C1.I. The van der Waals surface area contributed by atoms with Crippen molar-refractivity contribution in [1.82, 2.24) is 10.2 Å². The predicted octanol–water partition coefficient (Wildman–Crippen LogP) is 3.01. The highest BCUT2D eigenvalue weighted by atomic mass is 127. The van der Waals surface area contributed by atoms with Crippen LogP contribution in [0.15, 0.2) is 4.99 Å². The van der Waals surface area contributed by atoms with Gasteiger partial charge in [-0.1, -0.05) is 19.8 Å². The Hall–Kier alpha value is -0.0800. The van der Waals surface area contributed by atoms with Crippen LogP contribution in [0.4, 0.5) is 0 Å². The molecule has 2 N–H and O–H groups in total. The van der Waals surface area contributed by atoms with Crippen LogP contribution in [0.3, 0.4) is 0 Å². The van der Waals surface area contributed by atoms with Crippen LogP contribution in [-0.4, -0.2) is 62.0 Å². The summed E-state index contributed by atoms with van der Waals surface area (Å²) in [5.74, 6) is 0.999. The standard InChI is InChI=1S/C19H35N3O2.HI/c1-18(8-4-3-7-16(18)23)13-21-17(20-2)22-11-5-9-19(14-22)10-6-12-24-15-19;/h16,23H,3-15H2,1-2H3,(H,20,21);1H. The molecule has 0 aromatic rings. The molecule has 146 valence electrons. The van der Waals surface area contributed by atoms with Gasteiger partial charge in [0.1, 0.15) is 0 Å². The van der Waals surface area contributed by atoms with Gasteiger partial charge >= 0.3 is 0 Å². The lowest BCUT2D eigenvalue weighted by atomic mass is 9.73. The van der Waals surface area contributed by atoms with E-state index >= 15 is 0 Å². The summed E-state index contributed by atoms with van der Waals surface area (Å²) < 4.78 is 5.79. The van der Waals surface area contributed by atoms with E-state index in [4.69, 9.17) is 4.74 Å². The van der Waals surface area contributed by atoms with Crippen molar-refractivity contribution in [3.05, 3.63) is 0 Å². The Balaban J connectivity index is 0.00000225. The molecule has 2 heterocycles. The molecule has 3 rings (SSSR count). The van der Waals surface area contributed by atoms with E-state index in [2.05, 4.69) is 22.1 Å². The number of piperidine rings is 1. The minimum Gasteiger partial charge on any atom is -0.392 e. The normalized spacial score (nSPS) is 36.8. The molecule has 1 spiro atoms. The number of guanidine groups is 1. The van der Waals surface area contributed by atoms with E-state index in [1.165, 1.54) is 32.1 Å². The first-order chi connectivity index (χ1) is 11.6. The van der Waals surface area contributed by atoms with Crippen LogP contribution in [0.2, 0.25) is 0 Å². The van der Waals surface area contributed by atoms with Gasteiger partial charge in [0.25, 0.3) is 0 Å². The highest BCUT2D eigenvalue weighted by Gasteiger charge is 2.39. The van der Waals surface area contributed by atoms with E-state index in [-0.39, 0.29) is 35.5 Å². The molecule has 0 amide bonds. The van der Waals surface area contributed by atoms with E-state index < -0.39 is 0 Å². The minimum atomic E-state index is -0.198. The van der Waals surface area contributed by atoms with Crippen LogP contribution in [0.1, 0.15) is 58.3 Å². The largest absolute Gasteiger partial charge is 0.392 e. The molecule has 6 heteroatoms. The molecule has 0 radical (unpaired) electrons. The Morgan fingerprint density at radius 2 is 2.04 bits per heavy atom. The van der Waals surface area contributed by atoms with Gasteiger partial charge in [-0.2, -0.15) is 0 Å². The highest BCUT2D eigenvalue weighted by molar-refractivity contribution is 14.0. The Kier molecular flexibility index (Phi) is 7.83. The maximum atomic E-state index is 10.4. The fourth-order valence-corrected chi connectivity index (χ4v) is 4.82. The van der Waals surface area contributed by atoms with E-state index in [0.717, 1.165) is 58.1 Å². The Labute approximate surface area is 170 Å². The third-order valence-electron chi connectivity index (χ3n) is 6.51. The number of ether oxygens (including phenoxy) is 1. The summed E-state index contributed by atoms with van der Waals surface area (Å²) in [5.41, 5.74) is 0.290. The average molecular weight is 465 g/mol. The summed E-state index contributed by atoms with van der Waals surface area (Å²) in [4.78, 5) is 6.95. The molecule has 0 aromatic carbocycles. The second-order valence-electron chi connectivity index (χ2n) is 8.50. The lowest BCUT2D eigenvalue weighted by Crippen LogP contribution is -2.55. The molecule has 3 atom stereocenters. The quantitative estimate of drug-likeness (QED) is 0.374. The van der Waals surface area contributed by atoms with E-state index in [1.807, 2.05) is 7.05 Å². The van der Waals surface area contributed by atoms with Crippen molar-refractivity contribution in [1.29, 1.82) is 0 Å². The van der Waals surface area contributed by atoms with Crippen molar-refractivity contribution < 1.29 is 9.84 Å². The van der Waals surface area contributed by atoms with Gasteiger partial charge in [0, 0.05) is 44.1 Å². The van der Waals surface area contributed by atoms with Crippen molar-refractivity contribution in [3.63, 3.8) is 0 Å². The van der Waals surface area contributed by atoms with Crippen LogP contribution in [-0.2, 0) is 4.74 Å². The molecule has 1 aliphatic carbocycles. The summed E-state index contributed by atoms with van der Waals surface area (Å²) >= 11 is 0. The summed E-state index contributed by atoms with van der Waals surface area (Å²) in [6.07, 6.45) is 9.15. The number of nitrogens with zero attached hydrogens (tertiary/aromatic N) is 2. The van der Waals surface area contributed by atoms with E-state index in [9.17, 15) is 5.11 Å². The van der Waals surface area contributed by atoms with Crippen molar-refractivity contribution in [2.75, 3.05) is 39.9 Å². The van der Waals surface area contributed by atoms with Gasteiger partial charge in [0.2, 0.25) is 0 Å². The number of aliphatic hydroxyl groups is 1. The summed E-state index contributed by atoms with van der Waals surface area (Å²) in [6.45, 7) is 6.96. The number of aliphatic imine (C=N–C) groups is 1. The van der Waals surface area contributed by atoms with E-state index in [0.29, 0.717) is 5.41 Å². The second kappa shape index (κ2) is 9.22. The number of hydrogen-bond donors (Lipinski definition) is 2. The number of likely N-dealkylation sites (tertiary alicyclic amines) is 1. The first-order valence-electron chi connectivity index (χ1n) is 9.78. The summed E-state index contributed by atoms with van der Waals surface area (Å²) in [5, 5.41) is 14.0. The van der Waals surface area contributed by atoms with Gasteiger partial charge in [-0.05, 0) is 38.5 Å². The third-order valence-corrected chi connectivity index (χ3v) is 6.51. The molecule has 1 saturated carbocycles. The second-order valence-corrected chi connectivity index (χ2v) is 8.50. The zero-order chi connectivity index (χ0) is 17.0. The number of hydrogen-bond acceptors (Lipinski definition) is 3. The van der Waals surface area contributed by atoms with Crippen LogP contribution in [0.25, 0.3) is 0 Å². The van der Waals surface area contributed by atoms with Gasteiger partial charge in [-0.25, -0.2) is 0 Å². The number of halogens is 1. The molecule has 0 bridgehead atoms. The van der Waals surface area contributed by atoms with Gasteiger partial charge in [-0.15, -0.1) is 24.0 Å². The minimum absolute atomic E-state index is 0. The number of rotatable bonds is 2. The van der Waals surface area contributed by atoms with Crippen molar-refractivity contribution >= 4 is 29.9 Å². The fourth-order valence-electron chi connectivity index (χ4n) is 4.82. The van der Waals surface area contributed by atoms with Crippen LogP contribution in [0, 0.1) is 10.8 Å². The van der Waals surface area contributed by atoms with Crippen molar-refractivity contribution in [2.24, 2.45) is 15.8 Å². The van der Waals surface area contributed by atoms with E-state index in [1.54, 1.807) is 0 Å². The Morgan fingerprint density at radius 3 is 2.72 bits per heavy atom. The zero-order valence-corrected chi connectivity index (χ0v) is 18.3. The summed E-state index contributed by atoms with van der Waals surface area (Å²) in [7, 11) is 1.88. The highest BCUT2D eigenvalue weighted by Crippen LogP contribution is 2.38. The molecular formula is C19H36IN3O2. The maximum Gasteiger partial charge on any atom is 0.193 e. The molecule has 5 nitrogen and oxygen atoms in total. The lowest BCUT2D eigenvalue weighted by molar-refractivity contribution is -0.0375. The first kappa shape index (κ1) is 21.2.